The van der Waals surface area contributed by atoms with Crippen LogP contribution in [0.1, 0.15) is 68.0 Å². The molecule has 0 saturated heterocycles. The predicted molar refractivity (Wildman–Crippen MR) is 141 cm³/mol. The number of hydrogen-bond donors (Lipinski definition) is 2. The van der Waals surface area contributed by atoms with Crippen LogP contribution in [0.15, 0.2) is 48.5 Å². The summed E-state index contributed by atoms with van der Waals surface area (Å²) in [4.78, 5) is 11.7. The zero-order valence-electron chi connectivity index (χ0n) is 21.8. The molecule has 0 amide bonds. The Morgan fingerprint density at radius 3 is 2.51 bits per heavy atom. The van der Waals surface area contributed by atoms with Gasteiger partial charge in [-0.2, -0.15) is 0 Å². The molecule has 0 radical (unpaired) electrons. The molecule has 190 valence electrons. The van der Waals surface area contributed by atoms with E-state index in [1.54, 1.807) is 13.0 Å². The third-order valence-electron chi connectivity index (χ3n) is 6.74. The van der Waals surface area contributed by atoms with Crippen LogP contribution in [0.5, 0.6) is 0 Å². The average molecular weight is 480 g/mol. The molecule has 1 aliphatic rings. The maximum atomic E-state index is 11.7. The molecule has 0 aromatic heterocycles. The first kappa shape index (κ1) is 27.1. The van der Waals surface area contributed by atoms with Crippen LogP contribution in [-0.2, 0) is 27.1 Å². The number of carbonyl (C=O) groups excluding carboxylic acids is 1. The summed E-state index contributed by atoms with van der Waals surface area (Å²) in [7, 11) is 0. The highest BCUT2D eigenvalue weighted by atomic mass is 16.5. The van der Waals surface area contributed by atoms with Crippen LogP contribution >= 0.6 is 0 Å². The van der Waals surface area contributed by atoms with Gasteiger partial charge in [-0.25, -0.2) is 4.79 Å². The van der Waals surface area contributed by atoms with Crippen LogP contribution in [0.2, 0.25) is 0 Å². The van der Waals surface area contributed by atoms with E-state index in [4.69, 9.17) is 9.47 Å². The van der Waals surface area contributed by atoms with E-state index in [-0.39, 0.29) is 24.2 Å². The molecule has 3 rings (SSSR count). The number of rotatable bonds is 12. The number of nitrogens with one attached hydrogen (secondary N) is 1. The highest BCUT2D eigenvalue weighted by Crippen LogP contribution is 2.32. The first-order chi connectivity index (χ1) is 16.7. The van der Waals surface area contributed by atoms with Gasteiger partial charge in [0.15, 0.2) is 0 Å². The van der Waals surface area contributed by atoms with Gasteiger partial charge in [-0.3, -0.25) is 0 Å². The summed E-state index contributed by atoms with van der Waals surface area (Å²) in [6, 6.07) is 14.7. The van der Waals surface area contributed by atoms with E-state index >= 15 is 0 Å². The topological polar surface area (TPSA) is 67.8 Å². The molecule has 0 aliphatic heterocycles. The number of esters is 1. The number of ether oxygens (including phenoxy) is 2. The fraction of sp³-hybridized carbons (Fsp3) is 0.500. The Morgan fingerprint density at radius 1 is 1.17 bits per heavy atom. The second kappa shape index (κ2) is 12.5. The summed E-state index contributed by atoms with van der Waals surface area (Å²) in [5.74, 6) is 0.268. The Balaban J connectivity index is 1.49. The van der Waals surface area contributed by atoms with E-state index in [1.807, 2.05) is 32.0 Å². The highest BCUT2D eigenvalue weighted by molar-refractivity contribution is 5.87. The normalized spacial score (nSPS) is 15.8. The second-order valence-electron chi connectivity index (χ2n) is 10.3. The fourth-order valence-corrected chi connectivity index (χ4v) is 5.13. The Hall–Kier alpha value is -2.47. The lowest BCUT2D eigenvalue weighted by Gasteiger charge is -2.31. The third kappa shape index (κ3) is 8.03. The van der Waals surface area contributed by atoms with E-state index in [1.165, 1.54) is 17.2 Å². The van der Waals surface area contributed by atoms with E-state index in [0.29, 0.717) is 19.1 Å². The van der Waals surface area contributed by atoms with Crippen molar-refractivity contribution in [3.8, 4) is 0 Å². The van der Waals surface area contributed by atoms with Crippen molar-refractivity contribution >= 4 is 12.0 Å². The van der Waals surface area contributed by atoms with Gasteiger partial charge in [-0.15, -0.1) is 0 Å². The van der Waals surface area contributed by atoms with Crippen molar-refractivity contribution in [3.05, 3.63) is 76.4 Å². The van der Waals surface area contributed by atoms with Crippen molar-refractivity contribution in [2.75, 3.05) is 19.8 Å². The van der Waals surface area contributed by atoms with Gasteiger partial charge in [0.2, 0.25) is 0 Å². The number of β-amino-alcohol motifs (C(OH)–C–C–N with tert-alkyl or cyclic N) is 1. The molecule has 1 aliphatic carbocycles. The van der Waals surface area contributed by atoms with Gasteiger partial charge in [0.05, 0.1) is 25.4 Å². The Bertz CT molecular complexity index is 988. The Morgan fingerprint density at radius 2 is 1.86 bits per heavy atom. The summed E-state index contributed by atoms with van der Waals surface area (Å²) in [6.45, 7) is 11.3. The molecule has 0 spiro atoms. The van der Waals surface area contributed by atoms with Gasteiger partial charge < -0.3 is 19.9 Å². The second-order valence-corrected chi connectivity index (χ2v) is 10.3. The van der Waals surface area contributed by atoms with Gasteiger partial charge in [0.25, 0.3) is 0 Å². The number of carbonyl (C=O) groups is 1. The van der Waals surface area contributed by atoms with Crippen LogP contribution in [0.25, 0.3) is 6.08 Å². The first-order valence-electron chi connectivity index (χ1n) is 12.7. The average Bonchev–Trinajstić information content (AvgIpc) is 3.21. The van der Waals surface area contributed by atoms with E-state index in [2.05, 4.69) is 43.4 Å². The standard InChI is InChI=1S/C30H41NO4/c1-6-34-28(33)15-14-24-13-9-10-21(2)29(24)22(3)35-20-27(32)19-31-30(4,5)18-23-16-25-11-7-8-12-26(25)17-23/h7-15,22-23,27,31-32H,6,16-20H2,1-5H3/b15-14+/t22?,27-/m1/s1. The molecule has 5 nitrogen and oxygen atoms in total. The minimum atomic E-state index is -0.611. The Kier molecular flexibility index (Phi) is 9.67. The minimum absolute atomic E-state index is 0.0691. The Labute approximate surface area is 210 Å². The van der Waals surface area contributed by atoms with Crippen molar-refractivity contribution in [3.63, 3.8) is 0 Å². The van der Waals surface area contributed by atoms with Crippen LogP contribution < -0.4 is 5.32 Å². The quantitative estimate of drug-likeness (QED) is 0.324. The zero-order valence-corrected chi connectivity index (χ0v) is 21.8. The van der Waals surface area contributed by atoms with Gasteiger partial charge in [-0.1, -0.05) is 42.5 Å². The first-order valence-corrected chi connectivity index (χ1v) is 12.7. The van der Waals surface area contributed by atoms with Crippen LogP contribution in [0.3, 0.4) is 0 Å². The summed E-state index contributed by atoms with van der Waals surface area (Å²) >= 11 is 0. The van der Waals surface area contributed by atoms with Crippen molar-refractivity contribution in [1.29, 1.82) is 0 Å². The van der Waals surface area contributed by atoms with Crippen molar-refractivity contribution in [2.45, 2.75) is 71.6 Å². The van der Waals surface area contributed by atoms with E-state index in [0.717, 1.165) is 36.0 Å². The monoisotopic (exact) mass is 479 g/mol. The minimum Gasteiger partial charge on any atom is -0.463 e. The summed E-state index contributed by atoms with van der Waals surface area (Å²) in [6.07, 6.45) is 5.70. The number of aliphatic hydroxyl groups is 1. The van der Waals surface area contributed by atoms with Gasteiger partial charge in [0.1, 0.15) is 0 Å². The molecule has 0 heterocycles. The number of benzene rings is 2. The van der Waals surface area contributed by atoms with Crippen molar-refractivity contribution < 1.29 is 19.4 Å². The third-order valence-corrected chi connectivity index (χ3v) is 6.74. The summed E-state index contributed by atoms with van der Waals surface area (Å²) in [5, 5.41) is 14.2. The predicted octanol–water partition coefficient (Wildman–Crippen LogP) is 5.18. The van der Waals surface area contributed by atoms with Crippen molar-refractivity contribution in [2.24, 2.45) is 5.92 Å². The maximum Gasteiger partial charge on any atom is 0.330 e. The fourth-order valence-electron chi connectivity index (χ4n) is 5.13. The van der Waals surface area contributed by atoms with Gasteiger partial charge in [0, 0.05) is 18.2 Å². The molecular formula is C30H41NO4. The lowest BCUT2D eigenvalue weighted by molar-refractivity contribution is -0.137. The molecule has 0 bridgehead atoms. The lowest BCUT2D eigenvalue weighted by atomic mass is 9.88. The number of fused-ring (bicyclic) bond motifs is 1. The van der Waals surface area contributed by atoms with Crippen molar-refractivity contribution in [1.82, 2.24) is 5.32 Å². The molecule has 2 aromatic rings. The van der Waals surface area contributed by atoms with E-state index < -0.39 is 6.10 Å². The molecule has 0 saturated carbocycles. The van der Waals surface area contributed by atoms with Crippen LogP contribution in [0.4, 0.5) is 0 Å². The SMILES string of the molecule is CCOC(=O)/C=C/c1cccc(C)c1C(C)OC[C@H](O)CNC(C)(C)CC1Cc2ccccc2C1. The van der Waals surface area contributed by atoms with Crippen LogP contribution in [-0.4, -0.2) is 42.5 Å². The maximum absolute atomic E-state index is 11.7. The van der Waals surface area contributed by atoms with Crippen LogP contribution in [0, 0.1) is 12.8 Å². The smallest absolute Gasteiger partial charge is 0.330 e. The largest absolute Gasteiger partial charge is 0.463 e. The molecule has 2 N–H and O–H groups in total. The number of aryl methyl sites for hydroxylation is 1. The molecule has 0 fully saturated rings. The summed E-state index contributed by atoms with van der Waals surface area (Å²) in [5.41, 5.74) is 5.88. The molecule has 35 heavy (non-hydrogen) atoms. The highest BCUT2D eigenvalue weighted by Gasteiger charge is 2.28. The van der Waals surface area contributed by atoms with E-state index in [9.17, 15) is 9.90 Å². The van der Waals surface area contributed by atoms with Gasteiger partial charge >= 0.3 is 5.97 Å². The lowest BCUT2D eigenvalue weighted by Crippen LogP contribution is -2.45. The summed E-state index contributed by atoms with van der Waals surface area (Å²) < 4.78 is 11.1. The molecule has 2 atom stereocenters. The van der Waals surface area contributed by atoms with Gasteiger partial charge in [-0.05, 0) is 93.7 Å². The molecule has 1 unspecified atom stereocenters. The zero-order chi connectivity index (χ0) is 25.4. The number of hydrogen-bond acceptors (Lipinski definition) is 5. The molecular weight excluding hydrogens is 438 g/mol. The molecule has 5 heteroatoms. The number of aliphatic hydroxyl groups excluding tert-OH is 1. The molecule has 2 aromatic carbocycles.